The van der Waals surface area contributed by atoms with E-state index in [1.807, 2.05) is 41.2 Å². The Morgan fingerprint density at radius 1 is 1.39 bits per heavy atom. The van der Waals surface area contributed by atoms with Crippen molar-refractivity contribution in [3.8, 4) is 5.75 Å². The minimum Gasteiger partial charge on any atom is -0.483 e. The van der Waals surface area contributed by atoms with E-state index in [9.17, 15) is 0 Å². The van der Waals surface area contributed by atoms with E-state index in [1.165, 1.54) is 0 Å². The van der Waals surface area contributed by atoms with E-state index >= 15 is 0 Å². The fourth-order valence-electron chi connectivity index (χ4n) is 1.68. The summed E-state index contributed by atoms with van der Waals surface area (Å²) in [6.45, 7) is 2.28. The van der Waals surface area contributed by atoms with Gasteiger partial charge in [0.1, 0.15) is 6.61 Å². The average molecular weight is 260 g/mol. The minimum absolute atomic E-state index is 0.392. The van der Waals surface area contributed by atoms with Crippen LogP contribution in [-0.2, 0) is 6.61 Å². The van der Waals surface area contributed by atoms with Crippen molar-refractivity contribution in [3.05, 3.63) is 41.3 Å². The Morgan fingerprint density at radius 2 is 2.28 bits per heavy atom. The van der Waals surface area contributed by atoms with Crippen LogP contribution in [-0.4, -0.2) is 14.4 Å². The Balaban J connectivity index is 1.76. The van der Waals surface area contributed by atoms with Gasteiger partial charge < -0.3 is 10.5 Å². The number of nitrogen functional groups attached to an aromatic ring is 1. The number of thiazole rings is 1. The molecule has 0 aliphatic heterocycles. The van der Waals surface area contributed by atoms with Gasteiger partial charge in [0.25, 0.3) is 0 Å². The molecule has 0 amide bonds. The van der Waals surface area contributed by atoms with Crippen LogP contribution in [0.1, 0.15) is 11.4 Å². The standard InChI is InChI=1S/C12H12N4OS/c1-8-2-3-10(11(13)14-8)17-7-9-6-16-4-5-18-12(16)15-9/h2-6H,7H2,1H3,(H2,13,14). The predicted octanol–water partition coefficient (Wildman–Crippen LogP) is 2.26. The molecule has 3 aromatic rings. The highest BCUT2D eigenvalue weighted by atomic mass is 32.1. The highest BCUT2D eigenvalue weighted by Gasteiger charge is 2.06. The zero-order valence-electron chi connectivity index (χ0n) is 9.83. The Morgan fingerprint density at radius 3 is 3.06 bits per heavy atom. The number of imidazole rings is 1. The molecule has 3 aromatic heterocycles. The molecule has 18 heavy (non-hydrogen) atoms. The number of pyridine rings is 1. The summed E-state index contributed by atoms with van der Waals surface area (Å²) in [7, 11) is 0. The summed E-state index contributed by atoms with van der Waals surface area (Å²) in [5.74, 6) is 1.01. The number of aryl methyl sites for hydroxylation is 1. The molecule has 3 heterocycles. The van der Waals surface area contributed by atoms with Crippen molar-refractivity contribution < 1.29 is 4.74 Å². The van der Waals surface area contributed by atoms with E-state index in [0.717, 1.165) is 16.3 Å². The second-order valence-corrected chi connectivity index (χ2v) is 4.82. The monoisotopic (exact) mass is 260 g/mol. The van der Waals surface area contributed by atoms with Gasteiger partial charge in [0, 0.05) is 23.5 Å². The molecule has 0 spiro atoms. The largest absolute Gasteiger partial charge is 0.483 e. The molecule has 0 atom stereocenters. The number of ether oxygens (including phenoxy) is 1. The lowest BCUT2D eigenvalue weighted by Crippen LogP contribution is -2.01. The zero-order chi connectivity index (χ0) is 12.5. The number of fused-ring (bicyclic) bond motifs is 1. The number of aromatic nitrogens is 3. The highest BCUT2D eigenvalue weighted by molar-refractivity contribution is 7.15. The molecule has 0 fully saturated rings. The topological polar surface area (TPSA) is 65.4 Å². The smallest absolute Gasteiger partial charge is 0.193 e. The summed E-state index contributed by atoms with van der Waals surface area (Å²) >= 11 is 1.59. The first-order valence-corrected chi connectivity index (χ1v) is 6.37. The molecule has 0 bridgehead atoms. The molecule has 0 aliphatic carbocycles. The summed E-state index contributed by atoms with van der Waals surface area (Å²) in [4.78, 5) is 9.54. The van der Waals surface area contributed by atoms with Gasteiger partial charge in [0.2, 0.25) is 0 Å². The Labute approximate surface area is 108 Å². The van der Waals surface area contributed by atoms with Crippen LogP contribution in [0.25, 0.3) is 4.96 Å². The maximum absolute atomic E-state index is 5.78. The molecule has 0 aliphatic rings. The van der Waals surface area contributed by atoms with Gasteiger partial charge in [-0.2, -0.15) is 0 Å². The van der Waals surface area contributed by atoms with Crippen LogP contribution >= 0.6 is 11.3 Å². The first-order valence-electron chi connectivity index (χ1n) is 5.49. The van der Waals surface area contributed by atoms with Gasteiger partial charge in [0.15, 0.2) is 16.5 Å². The number of nitrogens with two attached hydrogens (primary N) is 1. The molecule has 0 unspecified atom stereocenters. The minimum atomic E-state index is 0.392. The Kier molecular flexibility index (Phi) is 2.64. The first-order chi connectivity index (χ1) is 8.72. The molecular weight excluding hydrogens is 248 g/mol. The number of anilines is 1. The number of rotatable bonds is 3. The summed E-state index contributed by atoms with van der Waals surface area (Å²) in [6.07, 6.45) is 3.92. The molecule has 0 saturated heterocycles. The van der Waals surface area contributed by atoms with Gasteiger partial charge in [-0.25, -0.2) is 9.97 Å². The van der Waals surface area contributed by atoms with Crippen LogP contribution in [0.5, 0.6) is 5.75 Å². The van der Waals surface area contributed by atoms with Gasteiger partial charge in [0.05, 0.1) is 5.69 Å². The lowest BCUT2D eigenvalue weighted by atomic mass is 10.3. The van der Waals surface area contributed by atoms with Crippen molar-refractivity contribution in [2.75, 3.05) is 5.73 Å². The molecule has 3 rings (SSSR count). The van der Waals surface area contributed by atoms with Crippen molar-refractivity contribution in [2.24, 2.45) is 0 Å². The van der Waals surface area contributed by atoms with Gasteiger partial charge in [-0.3, -0.25) is 4.40 Å². The molecule has 92 valence electrons. The van der Waals surface area contributed by atoms with Crippen LogP contribution in [0.2, 0.25) is 0 Å². The Hall–Kier alpha value is -2.08. The van der Waals surface area contributed by atoms with E-state index in [-0.39, 0.29) is 0 Å². The molecular formula is C12H12N4OS. The normalized spacial score (nSPS) is 10.9. The van der Waals surface area contributed by atoms with Crippen LogP contribution in [0, 0.1) is 6.92 Å². The third kappa shape index (κ3) is 2.02. The van der Waals surface area contributed by atoms with Crippen LogP contribution in [0.15, 0.2) is 29.9 Å². The summed E-state index contributed by atoms with van der Waals surface area (Å²) < 4.78 is 7.59. The fraction of sp³-hybridized carbons (Fsp3) is 0.167. The first kappa shape index (κ1) is 11.0. The maximum Gasteiger partial charge on any atom is 0.193 e. The predicted molar refractivity (Wildman–Crippen MR) is 70.8 cm³/mol. The summed E-state index contributed by atoms with van der Waals surface area (Å²) in [5, 5.41) is 1.99. The SMILES string of the molecule is Cc1ccc(OCc2cn3ccsc3n2)c(N)n1. The van der Waals surface area contributed by atoms with Gasteiger partial charge in [-0.1, -0.05) is 0 Å². The lowest BCUT2D eigenvalue weighted by molar-refractivity contribution is 0.302. The van der Waals surface area contributed by atoms with Gasteiger partial charge >= 0.3 is 0 Å². The quantitative estimate of drug-likeness (QED) is 0.784. The number of nitrogens with zero attached hydrogens (tertiary/aromatic N) is 3. The molecule has 2 N–H and O–H groups in total. The Bertz CT molecular complexity index is 660. The number of hydrogen-bond acceptors (Lipinski definition) is 5. The highest BCUT2D eigenvalue weighted by Crippen LogP contribution is 2.20. The van der Waals surface area contributed by atoms with Gasteiger partial charge in [-0.15, -0.1) is 11.3 Å². The third-order valence-corrected chi connectivity index (χ3v) is 3.31. The van der Waals surface area contributed by atoms with Crippen molar-refractivity contribution in [3.63, 3.8) is 0 Å². The van der Waals surface area contributed by atoms with E-state index in [4.69, 9.17) is 10.5 Å². The average Bonchev–Trinajstić information content (AvgIpc) is 2.88. The van der Waals surface area contributed by atoms with Crippen molar-refractivity contribution in [1.82, 2.24) is 14.4 Å². The van der Waals surface area contributed by atoms with E-state index in [0.29, 0.717) is 18.2 Å². The second kappa shape index (κ2) is 4.30. The van der Waals surface area contributed by atoms with Crippen molar-refractivity contribution >= 4 is 22.1 Å². The maximum atomic E-state index is 5.78. The number of hydrogen-bond donors (Lipinski definition) is 1. The van der Waals surface area contributed by atoms with Gasteiger partial charge in [-0.05, 0) is 19.1 Å². The van der Waals surface area contributed by atoms with Crippen LogP contribution in [0.3, 0.4) is 0 Å². The summed E-state index contributed by atoms with van der Waals surface area (Å²) in [5.41, 5.74) is 7.53. The second-order valence-electron chi connectivity index (χ2n) is 3.95. The van der Waals surface area contributed by atoms with Crippen molar-refractivity contribution in [2.45, 2.75) is 13.5 Å². The van der Waals surface area contributed by atoms with Crippen molar-refractivity contribution in [1.29, 1.82) is 0 Å². The van der Waals surface area contributed by atoms with E-state index < -0.39 is 0 Å². The van der Waals surface area contributed by atoms with Crippen LogP contribution < -0.4 is 10.5 Å². The lowest BCUT2D eigenvalue weighted by Gasteiger charge is -2.06. The molecule has 6 heteroatoms. The summed E-state index contributed by atoms with van der Waals surface area (Å²) in [6, 6.07) is 3.70. The van der Waals surface area contributed by atoms with Crippen LogP contribution in [0.4, 0.5) is 5.82 Å². The fourth-order valence-corrected chi connectivity index (χ4v) is 2.40. The molecule has 0 aromatic carbocycles. The molecule has 0 radical (unpaired) electrons. The van der Waals surface area contributed by atoms with E-state index in [2.05, 4.69) is 9.97 Å². The molecule has 5 nitrogen and oxygen atoms in total. The third-order valence-electron chi connectivity index (χ3n) is 2.54. The molecule has 0 saturated carbocycles. The zero-order valence-corrected chi connectivity index (χ0v) is 10.6. The van der Waals surface area contributed by atoms with E-state index in [1.54, 1.807) is 11.3 Å².